The predicted molar refractivity (Wildman–Crippen MR) is 138 cm³/mol. The first-order chi connectivity index (χ1) is 17.8. The number of imidazole rings is 1. The number of para-hydroxylation sites is 1. The van der Waals surface area contributed by atoms with Gasteiger partial charge in [0.1, 0.15) is 17.6 Å². The van der Waals surface area contributed by atoms with E-state index < -0.39 is 29.5 Å². The monoisotopic (exact) mass is 506 g/mol. The fraction of sp³-hybridized carbons (Fsp3) is 0.346. The summed E-state index contributed by atoms with van der Waals surface area (Å²) in [6, 6.07) is 8.21. The molecule has 1 atom stereocenters. The minimum absolute atomic E-state index is 0.0578. The number of methoxy groups -OCH3 is 1. The van der Waals surface area contributed by atoms with Gasteiger partial charge in [-0.25, -0.2) is 9.78 Å². The summed E-state index contributed by atoms with van der Waals surface area (Å²) in [5.41, 5.74) is 7.76. The van der Waals surface area contributed by atoms with Crippen molar-refractivity contribution >= 4 is 34.6 Å². The third-order valence-corrected chi connectivity index (χ3v) is 6.15. The Morgan fingerprint density at radius 3 is 2.81 bits per heavy atom. The molecule has 0 aliphatic heterocycles. The highest BCUT2D eigenvalue weighted by atomic mass is 16.5. The van der Waals surface area contributed by atoms with Gasteiger partial charge >= 0.3 is 6.09 Å². The Morgan fingerprint density at radius 1 is 1.27 bits per heavy atom. The van der Waals surface area contributed by atoms with Gasteiger partial charge in [0.25, 0.3) is 5.56 Å². The average molecular weight is 507 g/mol. The standard InChI is InChI=1S/C26H30N6O5/c1-37-26(36)30-19(7-2-3-10-21(27)33)24(34)29-20-9-5-13-32(25(20)35)15-22-28-18-8-4-6-17(23(18)31-22)14-16-11-12-16/h3-6,8-10,13,16,19H,2,7,11-12,14-15H2,1H3,(H2,27,33)(H,28,31)(H,29,34)(H,30,36). The number of rotatable bonds is 11. The van der Waals surface area contributed by atoms with Gasteiger partial charge in [-0.2, -0.15) is 0 Å². The quantitative estimate of drug-likeness (QED) is 0.292. The molecule has 11 nitrogen and oxygen atoms in total. The van der Waals surface area contributed by atoms with Crippen LogP contribution in [0.4, 0.5) is 10.5 Å². The zero-order chi connectivity index (χ0) is 26.4. The van der Waals surface area contributed by atoms with E-state index in [4.69, 9.17) is 10.7 Å². The van der Waals surface area contributed by atoms with Gasteiger partial charge in [0, 0.05) is 6.20 Å². The highest BCUT2D eigenvalue weighted by molar-refractivity contribution is 5.96. The fourth-order valence-corrected chi connectivity index (χ4v) is 4.09. The van der Waals surface area contributed by atoms with Gasteiger partial charge in [0.15, 0.2) is 0 Å². The van der Waals surface area contributed by atoms with E-state index in [2.05, 4.69) is 26.4 Å². The van der Waals surface area contributed by atoms with Crippen molar-refractivity contribution in [3.8, 4) is 0 Å². The molecule has 194 valence electrons. The number of carbonyl (C=O) groups excluding carboxylic acids is 3. The Bertz CT molecular complexity index is 1390. The molecule has 3 amide bonds. The molecule has 2 aromatic heterocycles. The molecule has 4 rings (SSSR count). The number of amides is 3. The van der Waals surface area contributed by atoms with Crippen LogP contribution in [0, 0.1) is 5.92 Å². The van der Waals surface area contributed by atoms with Gasteiger partial charge in [-0.05, 0) is 67.9 Å². The van der Waals surface area contributed by atoms with Crippen LogP contribution in [0.15, 0.2) is 53.5 Å². The van der Waals surface area contributed by atoms with Crippen LogP contribution in [0.5, 0.6) is 0 Å². The maximum atomic E-state index is 13.1. The second kappa shape index (κ2) is 11.5. The van der Waals surface area contributed by atoms with Crippen LogP contribution >= 0.6 is 0 Å². The number of ether oxygens (including phenoxy) is 1. The van der Waals surface area contributed by atoms with E-state index >= 15 is 0 Å². The largest absolute Gasteiger partial charge is 0.453 e. The highest BCUT2D eigenvalue weighted by Crippen LogP contribution is 2.34. The summed E-state index contributed by atoms with van der Waals surface area (Å²) in [5.74, 6) is 0.150. The summed E-state index contributed by atoms with van der Waals surface area (Å²) >= 11 is 0. The van der Waals surface area contributed by atoms with E-state index in [9.17, 15) is 19.2 Å². The van der Waals surface area contributed by atoms with E-state index in [1.54, 1.807) is 12.3 Å². The molecule has 1 aromatic carbocycles. The Hall–Kier alpha value is -4.41. The summed E-state index contributed by atoms with van der Waals surface area (Å²) in [5, 5.41) is 5.03. The zero-order valence-electron chi connectivity index (χ0n) is 20.5. The first-order valence-electron chi connectivity index (χ1n) is 12.1. The summed E-state index contributed by atoms with van der Waals surface area (Å²) < 4.78 is 6.04. The number of carbonyl (C=O) groups is 3. The lowest BCUT2D eigenvalue weighted by atomic mass is 10.1. The number of nitrogens with zero attached hydrogens (tertiary/aromatic N) is 2. The van der Waals surface area contributed by atoms with E-state index in [-0.39, 0.29) is 18.7 Å². The van der Waals surface area contributed by atoms with E-state index in [1.807, 2.05) is 12.1 Å². The molecule has 0 radical (unpaired) electrons. The molecule has 1 saturated carbocycles. The van der Waals surface area contributed by atoms with Crippen molar-refractivity contribution in [3.05, 3.63) is 70.4 Å². The lowest BCUT2D eigenvalue weighted by Crippen LogP contribution is -2.44. The van der Waals surface area contributed by atoms with Crippen LogP contribution in [0.2, 0.25) is 0 Å². The lowest BCUT2D eigenvalue weighted by Gasteiger charge is -2.17. The van der Waals surface area contributed by atoms with Crippen LogP contribution in [0.25, 0.3) is 11.0 Å². The maximum Gasteiger partial charge on any atom is 0.407 e. The fourth-order valence-electron chi connectivity index (χ4n) is 4.09. The topological polar surface area (TPSA) is 161 Å². The third-order valence-electron chi connectivity index (χ3n) is 6.15. The number of aromatic nitrogens is 3. The molecule has 0 bridgehead atoms. The predicted octanol–water partition coefficient (Wildman–Crippen LogP) is 2.21. The Kier molecular flexibility index (Phi) is 8.02. The van der Waals surface area contributed by atoms with Crippen LogP contribution in [-0.4, -0.2) is 45.6 Å². The second-order valence-corrected chi connectivity index (χ2v) is 9.06. The second-order valence-electron chi connectivity index (χ2n) is 9.06. The van der Waals surface area contributed by atoms with E-state index in [0.29, 0.717) is 12.2 Å². The van der Waals surface area contributed by atoms with Gasteiger partial charge in [-0.15, -0.1) is 0 Å². The van der Waals surface area contributed by atoms with Crippen LogP contribution in [0.1, 0.15) is 37.1 Å². The SMILES string of the molecule is COC(=O)NC(CCC=CC(N)=O)C(=O)Nc1cccn(Cc2nc3c(CC4CC4)cccc3[nH]2)c1=O. The number of alkyl carbamates (subject to hydrolysis) is 1. The average Bonchev–Trinajstić information content (AvgIpc) is 3.59. The number of hydrogen-bond donors (Lipinski definition) is 4. The number of nitrogens with two attached hydrogens (primary N) is 1. The molecule has 5 N–H and O–H groups in total. The van der Waals surface area contributed by atoms with Gasteiger partial charge in [-0.3, -0.25) is 14.4 Å². The van der Waals surface area contributed by atoms with Gasteiger partial charge in [0.05, 0.1) is 24.7 Å². The summed E-state index contributed by atoms with van der Waals surface area (Å²) in [6.07, 6.45) is 7.46. The number of pyridine rings is 1. The highest BCUT2D eigenvalue weighted by Gasteiger charge is 2.24. The minimum atomic E-state index is -1.00. The summed E-state index contributed by atoms with van der Waals surface area (Å²) in [6.45, 7) is 0.196. The summed E-state index contributed by atoms with van der Waals surface area (Å²) in [7, 11) is 1.18. The zero-order valence-corrected chi connectivity index (χ0v) is 20.5. The molecule has 2 heterocycles. The van der Waals surface area contributed by atoms with Crippen molar-refractivity contribution in [1.29, 1.82) is 0 Å². The first-order valence-corrected chi connectivity index (χ1v) is 12.1. The van der Waals surface area contributed by atoms with Crippen molar-refractivity contribution < 1.29 is 19.1 Å². The van der Waals surface area contributed by atoms with Crippen LogP contribution in [-0.2, 0) is 27.3 Å². The summed E-state index contributed by atoms with van der Waals surface area (Å²) in [4.78, 5) is 56.6. The van der Waals surface area contributed by atoms with Crippen molar-refractivity contribution in [1.82, 2.24) is 19.9 Å². The van der Waals surface area contributed by atoms with E-state index in [1.165, 1.54) is 48.3 Å². The number of benzene rings is 1. The normalized spacial score (nSPS) is 14.0. The van der Waals surface area contributed by atoms with Gasteiger partial charge in [0.2, 0.25) is 11.8 Å². The number of fused-ring (bicyclic) bond motifs is 1. The molecule has 1 unspecified atom stereocenters. The van der Waals surface area contributed by atoms with Gasteiger partial charge in [-0.1, -0.05) is 18.2 Å². The van der Waals surface area contributed by atoms with Crippen molar-refractivity contribution in [2.45, 2.75) is 44.7 Å². The smallest absolute Gasteiger partial charge is 0.407 e. The Labute approximate surface area is 213 Å². The molecule has 1 aliphatic rings. The lowest BCUT2D eigenvalue weighted by molar-refractivity contribution is -0.118. The number of hydrogen-bond acceptors (Lipinski definition) is 6. The molecule has 1 aliphatic carbocycles. The van der Waals surface area contributed by atoms with E-state index in [0.717, 1.165) is 23.4 Å². The Morgan fingerprint density at radius 2 is 2.08 bits per heavy atom. The third kappa shape index (κ3) is 6.84. The Balaban J connectivity index is 1.48. The van der Waals surface area contributed by atoms with Crippen LogP contribution < -0.4 is 21.9 Å². The van der Waals surface area contributed by atoms with Crippen molar-refractivity contribution in [3.63, 3.8) is 0 Å². The van der Waals surface area contributed by atoms with Crippen LogP contribution in [0.3, 0.4) is 0 Å². The molecule has 0 spiro atoms. The molecule has 11 heteroatoms. The molecule has 1 fully saturated rings. The van der Waals surface area contributed by atoms with Crippen molar-refractivity contribution in [2.75, 3.05) is 12.4 Å². The molecule has 0 saturated heterocycles. The minimum Gasteiger partial charge on any atom is -0.453 e. The van der Waals surface area contributed by atoms with Crippen molar-refractivity contribution in [2.24, 2.45) is 11.7 Å². The first kappa shape index (κ1) is 25.7. The maximum absolute atomic E-state index is 13.1. The number of anilines is 1. The van der Waals surface area contributed by atoms with Gasteiger partial charge < -0.3 is 30.7 Å². The number of aromatic amines is 1. The molecular weight excluding hydrogens is 476 g/mol. The molecule has 37 heavy (non-hydrogen) atoms. The molecular formula is C26H30N6O5. The number of primary amides is 1. The number of allylic oxidation sites excluding steroid dienone is 1. The number of nitrogens with one attached hydrogen (secondary N) is 3. The number of H-pyrrole nitrogens is 1. The molecule has 3 aromatic rings.